The van der Waals surface area contributed by atoms with Crippen LogP contribution in [0.25, 0.3) is 0 Å². The standard InChI is InChI=1S/C12H10O/c1-2-10-8-9-13-12(10)11-6-4-3-5-7-11/h1,3-10,12H/t10-,12+/m0/s1. The van der Waals surface area contributed by atoms with Gasteiger partial charge in [0.1, 0.15) is 6.10 Å². The molecule has 0 aliphatic carbocycles. The molecule has 0 saturated heterocycles. The van der Waals surface area contributed by atoms with Crippen LogP contribution in [0.15, 0.2) is 42.7 Å². The molecule has 2 rings (SSSR count). The molecular formula is C12H10O. The largest absolute Gasteiger partial charge is 0.492 e. The van der Waals surface area contributed by atoms with E-state index in [0.29, 0.717) is 0 Å². The summed E-state index contributed by atoms with van der Waals surface area (Å²) < 4.78 is 5.42. The van der Waals surface area contributed by atoms with Gasteiger partial charge in [0, 0.05) is 0 Å². The molecule has 0 unspecified atom stereocenters. The Bertz CT molecular complexity index is 345. The zero-order valence-electron chi connectivity index (χ0n) is 7.18. The van der Waals surface area contributed by atoms with Crippen LogP contribution in [-0.4, -0.2) is 0 Å². The van der Waals surface area contributed by atoms with Gasteiger partial charge in [-0.05, 0) is 11.6 Å². The SMILES string of the molecule is C#C[C@H]1C=CO[C@H]1c1ccccc1. The van der Waals surface area contributed by atoms with E-state index in [2.05, 4.69) is 5.92 Å². The number of hydrogen-bond donors (Lipinski definition) is 0. The minimum absolute atomic E-state index is 0.00574. The molecule has 1 aromatic carbocycles. The van der Waals surface area contributed by atoms with Gasteiger partial charge in [-0.3, -0.25) is 0 Å². The van der Waals surface area contributed by atoms with E-state index in [0.717, 1.165) is 5.56 Å². The van der Waals surface area contributed by atoms with E-state index in [-0.39, 0.29) is 12.0 Å². The molecular weight excluding hydrogens is 160 g/mol. The van der Waals surface area contributed by atoms with Crippen LogP contribution >= 0.6 is 0 Å². The van der Waals surface area contributed by atoms with Crippen LogP contribution in [0.4, 0.5) is 0 Å². The highest BCUT2D eigenvalue weighted by molar-refractivity contribution is 5.25. The van der Waals surface area contributed by atoms with Crippen molar-refractivity contribution in [1.29, 1.82) is 0 Å². The third-order valence-electron chi connectivity index (χ3n) is 2.16. The van der Waals surface area contributed by atoms with Crippen molar-refractivity contribution in [3.8, 4) is 12.3 Å². The van der Waals surface area contributed by atoms with Crippen LogP contribution < -0.4 is 0 Å². The van der Waals surface area contributed by atoms with Crippen molar-refractivity contribution in [2.75, 3.05) is 0 Å². The van der Waals surface area contributed by atoms with Crippen LogP contribution in [0.3, 0.4) is 0 Å². The highest BCUT2D eigenvalue weighted by atomic mass is 16.5. The molecule has 0 aromatic heterocycles. The fraction of sp³-hybridized carbons (Fsp3) is 0.167. The molecule has 0 fully saturated rings. The Hall–Kier alpha value is -1.68. The van der Waals surface area contributed by atoms with Crippen molar-refractivity contribution >= 4 is 0 Å². The predicted octanol–water partition coefficient (Wildman–Crippen LogP) is 2.52. The molecule has 1 heterocycles. The van der Waals surface area contributed by atoms with Gasteiger partial charge >= 0.3 is 0 Å². The molecule has 1 aliphatic rings. The van der Waals surface area contributed by atoms with Gasteiger partial charge in [-0.25, -0.2) is 0 Å². The number of ether oxygens (including phenoxy) is 1. The van der Waals surface area contributed by atoms with Crippen molar-refractivity contribution in [1.82, 2.24) is 0 Å². The Morgan fingerprint density at radius 3 is 2.69 bits per heavy atom. The summed E-state index contributed by atoms with van der Waals surface area (Å²) in [5.74, 6) is 2.77. The summed E-state index contributed by atoms with van der Waals surface area (Å²) in [5, 5.41) is 0. The number of terminal acetylenes is 1. The zero-order valence-corrected chi connectivity index (χ0v) is 7.18. The highest BCUT2D eigenvalue weighted by Gasteiger charge is 2.23. The summed E-state index contributed by atoms with van der Waals surface area (Å²) >= 11 is 0. The first-order valence-electron chi connectivity index (χ1n) is 4.25. The maximum Gasteiger partial charge on any atom is 0.140 e. The molecule has 2 atom stereocenters. The number of hydrogen-bond acceptors (Lipinski definition) is 1. The van der Waals surface area contributed by atoms with Crippen molar-refractivity contribution in [3.63, 3.8) is 0 Å². The summed E-state index contributed by atoms with van der Waals surface area (Å²) in [6.45, 7) is 0. The molecule has 1 nitrogen and oxygen atoms in total. The van der Waals surface area contributed by atoms with E-state index >= 15 is 0 Å². The lowest BCUT2D eigenvalue weighted by Gasteiger charge is -2.14. The van der Waals surface area contributed by atoms with Gasteiger partial charge in [0.15, 0.2) is 0 Å². The Kier molecular flexibility index (Phi) is 2.06. The number of rotatable bonds is 1. The quantitative estimate of drug-likeness (QED) is 0.588. The number of benzene rings is 1. The maximum atomic E-state index is 5.42. The monoisotopic (exact) mass is 170 g/mol. The predicted molar refractivity (Wildman–Crippen MR) is 51.7 cm³/mol. The zero-order chi connectivity index (χ0) is 9.10. The van der Waals surface area contributed by atoms with Crippen molar-refractivity contribution in [3.05, 3.63) is 48.2 Å². The average Bonchev–Trinajstić information content (AvgIpc) is 2.67. The molecule has 64 valence electrons. The van der Waals surface area contributed by atoms with Crippen LogP contribution in [0.2, 0.25) is 0 Å². The van der Waals surface area contributed by atoms with Gasteiger partial charge < -0.3 is 4.74 Å². The van der Waals surface area contributed by atoms with Crippen LogP contribution in [0, 0.1) is 18.3 Å². The molecule has 0 amide bonds. The Morgan fingerprint density at radius 2 is 2.00 bits per heavy atom. The van der Waals surface area contributed by atoms with Gasteiger partial charge in [0.25, 0.3) is 0 Å². The normalized spacial score (nSPS) is 25.2. The topological polar surface area (TPSA) is 9.23 Å². The van der Waals surface area contributed by atoms with Crippen molar-refractivity contribution < 1.29 is 4.74 Å². The van der Waals surface area contributed by atoms with Crippen LogP contribution in [0.5, 0.6) is 0 Å². The van der Waals surface area contributed by atoms with Gasteiger partial charge in [-0.1, -0.05) is 36.3 Å². The molecule has 13 heavy (non-hydrogen) atoms. The minimum atomic E-state index is 0.00574. The molecule has 0 radical (unpaired) electrons. The minimum Gasteiger partial charge on any atom is -0.492 e. The Balaban J connectivity index is 2.25. The van der Waals surface area contributed by atoms with Gasteiger partial charge in [0.2, 0.25) is 0 Å². The summed E-state index contributed by atoms with van der Waals surface area (Å²) in [6.07, 6.45) is 8.98. The van der Waals surface area contributed by atoms with Crippen LogP contribution in [0.1, 0.15) is 11.7 Å². The smallest absolute Gasteiger partial charge is 0.140 e. The first kappa shape index (κ1) is 7.94. The fourth-order valence-corrected chi connectivity index (χ4v) is 1.47. The second-order valence-electron chi connectivity index (χ2n) is 2.99. The van der Waals surface area contributed by atoms with Gasteiger partial charge in [-0.15, -0.1) is 6.42 Å². The summed E-state index contributed by atoms with van der Waals surface area (Å²) in [6, 6.07) is 10.0. The molecule has 0 bridgehead atoms. The van der Waals surface area contributed by atoms with E-state index in [1.807, 2.05) is 36.4 Å². The molecule has 1 aromatic rings. The summed E-state index contributed by atoms with van der Waals surface area (Å²) in [5.41, 5.74) is 1.13. The van der Waals surface area contributed by atoms with E-state index in [1.165, 1.54) is 0 Å². The van der Waals surface area contributed by atoms with Crippen molar-refractivity contribution in [2.45, 2.75) is 6.10 Å². The first-order chi connectivity index (χ1) is 6.42. The summed E-state index contributed by atoms with van der Waals surface area (Å²) in [4.78, 5) is 0. The van der Waals surface area contributed by atoms with E-state index in [1.54, 1.807) is 6.26 Å². The lowest BCUT2D eigenvalue weighted by Crippen LogP contribution is -2.05. The summed E-state index contributed by atoms with van der Waals surface area (Å²) in [7, 11) is 0. The molecule has 0 N–H and O–H groups in total. The average molecular weight is 170 g/mol. The van der Waals surface area contributed by atoms with Gasteiger partial charge in [0.05, 0.1) is 12.2 Å². The lowest BCUT2D eigenvalue weighted by atomic mass is 9.98. The molecule has 1 heteroatoms. The van der Waals surface area contributed by atoms with E-state index < -0.39 is 0 Å². The first-order valence-corrected chi connectivity index (χ1v) is 4.25. The Labute approximate surface area is 78.0 Å². The lowest BCUT2D eigenvalue weighted by molar-refractivity contribution is 0.154. The Morgan fingerprint density at radius 1 is 1.23 bits per heavy atom. The van der Waals surface area contributed by atoms with Crippen LogP contribution in [-0.2, 0) is 4.74 Å². The molecule has 0 saturated carbocycles. The van der Waals surface area contributed by atoms with Gasteiger partial charge in [-0.2, -0.15) is 0 Å². The molecule has 1 aliphatic heterocycles. The van der Waals surface area contributed by atoms with E-state index in [9.17, 15) is 0 Å². The second-order valence-corrected chi connectivity index (χ2v) is 2.99. The second kappa shape index (κ2) is 3.37. The third kappa shape index (κ3) is 1.43. The third-order valence-corrected chi connectivity index (χ3v) is 2.16. The highest BCUT2D eigenvalue weighted by Crippen LogP contribution is 2.31. The molecule has 0 spiro atoms. The van der Waals surface area contributed by atoms with E-state index in [4.69, 9.17) is 11.2 Å². The van der Waals surface area contributed by atoms with Crippen molar-refractivity contribution in [2.24, 2.45) is 5.92 Å². The fourth-order valence-electron chi connectivity index (χ4n) is 1.47. The maximum absolute atomic E-state index is 5.42.